The van der Waals surface area contributed by atoms with Crippen molar-refractivity contribution in [3.8, 4) is 0 Å². The predicted octanol–water partition coefficient (Wildman–Crippen LogP) is 1.68. The van der Waals surface area contributed by atoms with E-state index in [0.29, 0.717) is 7.18 Å². The molecule has 1 aliphatic rings. The normalized spacial score (nSPS) is 21.0. The van der Waals surface area contributed by atoms with E-state index in [1.165, 1.54) is 13.0 Å². The molecule has 0 aromatic rings. The van der Waals surface area contributed by atoms with Crippen molar-refractivity contribution in [2.24, 2.45) is 11.7 Å². The van der Waals surface area contributed by atoms with E-state index in [1.807, 2.05) is 4.93 Å². The number of halogens is 2. The number of hydrogen-bond acceptors (Lipinski definition) is 2. The van der Waals surface area contributed by atoms with Gasteiger partial charge >= 0.3 is 0 Å². The van der Waals surface area contributed by atoms with Crippen LogP contribution in [0.2, 0.25) is 0 Å². The van der Waals surface area contributed by atoms with E-state index in [0.717, 1.165) is 19.0 Å². The zero-order valence-corrected chi connectivity index (χ0v) is 9.40. The average Bonchev–Trinajstić information content (AvgIpc) is 2.63. The van der Waals surface area contributed by atoms with Crippen LogP contribution in [-0.4, -0.2) is 31.7 Å². The third kappa shape index (κ3) is 8.49. The first-order valence-corrected chi connectivity index (χ1v) is 5.75. The molecule has 4 heteroatoms. The Morgan fingerprint density at radius 3 is 2.36 bits per heavy atom. The third-order valence-electron chi connectivity index (χ3n) is 1.50. The Balaban J connectivity index is -0.0000000607. The molecule has 1 rings (SSSR count). The molecule has 0 amide bonds. The van der Waals surface area contributed by atoms with Crippen molar-refractivity contribution < 1.29 is 7.24 Å². The quantitative estimate of drug-likeness (QED) is 0.566. The molecule has 1 saturated heterocycles. The highest BCUT2D eigenvalue weighted by molar-refractivity contribution is 14.1. The Morgan fingerprint density at radius 1 is 1.64 bits per heavy atom. The lowest BCUT2D eigenvalue weighted by molar-refractivity contribution is 0.596. The zero-order chi connectivity index (χ0) is 9.11. The maximum atomic E-state index is 9.50. The topological polar surface area (TPSA) is 38.0 Å². The molecule has 1 aliphatic heterocycles. The Labute approximate surface area is 85.2 Å². The van der Waals surface area contributed by atoms with E-state index in [-0.39, 0.29) is 2.85 Å². The largest absolute Gasteiger partial charge is 0.330 e. The fraction of sp³-hybridized carbons (Fsp3) is 1.00. The minimum atomic E-state index is 0. The van der Waals surface area contributed by atoms with Crippen molar-refractivity contribution in [1.29, 1.82) is 0 Å². The van der Waals surface area contributed by atoms with Gasteiger partial charge in [-0.25, -0.2) is 0 Å². The van der Waals surface area contributed by atoms with Gasteiger partial charge in [0, 0.05) is 2.85 Å². The summed E-state index contributed by atoms with van der Waals surface area (Å²) in [5.41, 5.74) is 5.39. The summed E-state index contributed by atoms with van der Waals surface area (Å²) in [5, 5.41) is 3.24. The van der Waals surface area contributed by atoms with Crippen LogP contribution in [0.4, 0.5) is 4.39 Å². The molecule has 0 aromatic heterocycles. The third-order valence-corrected chi connectivity index (χ3v) is 1.50. The smallest absolute Gasteiger partial charge is 0.0785 e. The van der Waals surface area contributed by atoms with Gasteiger partial charge in [0.05, 0.1) is 7.18 Å². The van der Waals surface area contributed by atoms with Gasteiger partial charge in [-0.15, -0.1) is 0 Å². The molecule has 1 fully saturated rings. The van der Waals surface area contributed by atoms with Crippen molar-refractivity contribution in [3.63, 3.8) is 0 Å². The van der Waals surface area contributed by atoms with Crippen molar-refractivity contribution in [3.05, 3.63) is 0 Å². The van der Waals surface area contributed by atoms with Crippen LogP contribution in [0.25, 0.3) is 0 Å². The van der Waals surface area contributed by atoms with Crippen LogP contribution in [0.1, 0.15) is 9.27 Å². The highest BCUT2D eigenvalue weighted by Gasteiger charge is 2.10. The van der Waals surface area contributed by atoms with Crippen LogP contribution in [0, 0.1) is 5.92 Å². The number of hydrogen-bond donors (Lipinski definition) is 2. The monoisotopic (exact) mass is 280 g/mol. The summed E-state index contributed by atoms with van der Waals surface area (Å²) in [7, 11) is 0.500. The van der Waals surface area contributed by atoms with Crippen molar-refractivity contribution >= 4 is 22.6 Å². The molecule has 74 valence electrons. The predicted molar refractivity (Wildman–Crippen MR) is 61.2 cm³/mol. The number of rotatable bonds is 1. The Bertz CT molecular complexity index is 66.5. The van der Waals surface area contributed by atoms with E-state index in [2.05, 4.69) is 27.9 Å². The molecule has 11 heavy (non-hydrogen) atoms. The molecule has 0 unspecified atom stereocenters. The summed E-state index contributed by atoms with van der Waals surface area (Å²) in [6.45, 7) is 3.16. The van der Waals surface area contributed by atoms with Gasteiger partial charge in [0.1, 0.15) is 0 Å². The lowest BCUT2D eigenvalue weighted by Crippen LogP contribution is -2.16. The standard InChI is InChI=1S/C5H12N2.CH3F.CH3I.2H2/c6-3-5-1-2-7-4-5;2*1-2;;/h5,7H,1-4,6H2;2*1H3;2*1H/t5-;;;;/m0..../s1. The summed E-state index contributed by atoms with van der Waals surface area (Å²) in [6, 6.07) is 0. The maximum Gasteiger partial charge on any atom is 0.0785 e. The molecular formula is C7H22FIN2. The summed E-state index contributed by atoms with van der Waals surface area (Å²) in [5.74, 6) is 0.764. The first-order chi connectivity index (χ1) is 5.43. The second kappa shape index (κ2) is 13.2. The van der Waals surface area contributed by atoms with E-state index in [1.54, 1.807) is 0 Å². The van der Waals surface area contributed by atoms with Crippen molar-refractivity contribution in [1.82, 2.24) is 5.32 Å². The molecule has 0 radical (unpaired) electrons. The highest BCUT2D eigenvalue weighted by atomic mass is 127. The minimum absolute atomic E-state index is 0. The first kappa shape index (κ1) is 14.1. The second-order valence-corrected chi connectivity index (χ2v) is 2.09. The molecule has 1 atom stereocenters. The molecule has 0 saturated carbocycles. The lowest BCUT2D eigenvalue weighted by atomic mass is 10.1. The SMILES string of the molecule is CF.CI.NC[C@@H]1CCNC1.[HH].[HH]. The fourth-order valence-corrected chi connectivity index (χ4v) is 0.916. The summed E-state index contributed by atoms with van der Waals surface area (Å²) in [4.78, 5) is 1.97. The molecule has 1 heterocycles. The zero-order valence-electron chi connectivity index (χ0n) is 7.24. The van der Waals surface area contributed by atoms with Crippen molar-refractivity contribution in [2.75, 3.05) is 31.7 Å². The molecule has 3 N–H and O–H groups in total. The number of alkyl halides is 2. The van der Waals surface area contributed by atoms with Crippen LogP contribution in [-0.2, 0) is 0 Å². The highest BCUT2D eigenvalue weighted by Crippen LogP contribution is 2.02. The van der Waals surface area contributed by atoms with E-state index in [4.69, 9.17) is 5.73 Å². The molecule has 0 spiro atoms. The average molecular weight is 280 g/mol. The van der Waals surface area contributed by atoms with Crippen LogP contribution in [0.5, 0.6) is 0 Å². The molecule has 2 nitrogen and oxygen atoms in total. The fourth-order valence-electron chi connectivity index (χ4n) is 0.916. The lowest BCUT2D eigenvalue weighted by Gasteiger charge is -1.98. The summed E-state index contributed by atoms with van der Waals surface area (Å²) >= 11 is 2.15. The summed E-state index contributed by atoms with van der Waals surface area (Å²) < 4.78 is 9.50. The van der Waals surface area contributed by atoms with E-state index >= 15 is 0 Å². The van der Waals surface area contributed by atoms with Crippen LogP contribution in [0.15, 0.2) is 0 Å². The number of nitrogens with one attached hydrogen (secondary N) is 1. The Hall–Kier alpha value is 0.580. The van der Waals surface area contributed by atoms with Gasteiger partial charge in [-0.1, -0.05) is 22.6 Å². The first-order valence-electron chi connectivity index (χ1n) is 3.60. The van der Waals surface area contributed by atoms with E-state index < -0.39 is 0 Å². The van der Waals surface area contributed by atoms with E-state index in [9.17, 15) is 4.39 Å². The van der Waals surface area contributed by atoms with Gasteiger partial charge in [-0.3, -0.25) is 4.39 Å². The van der Waals surface area contributed by atoms with Gasteiger partial charge in [0.15, 0.2) is 0 Å². The van der Waals surface area contributed by atoms with Gasteiger partial charge in [0.25, 0.3) is 0 Å². The molecule has 0 aliphatic carbocycles. The Morgan fingerprint density at radius 2 is 2.18 bits per heavy atom. The van der Waals surface area contributed by atoms with Crippen LogP contribution in [0.3, 0.4) is 0 Å². The van der Waals surface area contributed by atoms with Gasteiger partial charge in [0.2, 0.25) is 0 Å². The van der Waals surface area contributed by atoms with Crippen LogP contribution >= 0.6 is 22.6 Å². The number of nitrogens with two attached hydrogens (primary N) is 1. The van der Waals surface area contributed by atoms with Crippen LogP contribution < -0.4 is 11.1 Å². The van der Waals surface area contributed by atoms with Crippen molar-refractivity contribution in [2.45, 2.75) is 6.42 Å². The Kier molecular flexibility index (Phi) is 16.9. The molecule has 0 bridgehead atoms. The van der Waals surface area contributed by atoms with Gasteiger partial charge in [-0.05, 0) is 36.9 Å². The second-order valence-electron chi connectivity index (χ2n) is 2.09. The maximum absolute atomic E-state index is 9.50. The van der Waals surface area contributed by atoms with Gasteiger partial charge < -0.3 is 11.1 Å². The van der Waals surface area contributed by atoms with Gasteiger partial charge in [-0.2, -0.15) is 0 Å². The molecular weight excluding hydrogens is 258 g/mol. The summed E-state index contributed by atoms with van der Waals surface area (Å²) in [6.07, 6.45) is 1.27. The minimum Gasteiger partial charge on any atom is -0.330 e. The molecule has 0 aromatic carbocycles.